The van der Waals surface area contributed by atoms with E-state index in [9.17, 15) is 14.4 Å². The number of hydrogen-bond acceptors (Lipinski definition) is 6. The van der Waals surface area contributed by atoms with Gasteiger partial charge in [-0.15, -0.1) is 0 Å². The third-order valence-corrected chi connectivity index (χ3v) is 9.89. The Hall–Kier alpha value is -3.92. The zero-order valence-electron chi connectivity index (χ0n) is 26.6. The van der Waals surface area contributed by atoms with Gasteiger partial charge in [-0.3, -0.25) is 14.4 Å². The van der Waals surface area contributed by atoms with Gasteiger partial charge in [-0.2, -0.15) is 0 Å². The molecule has 3 aromatic carbocycles. The van der Waals surface area contributed by atoms with Crippen molar-refractivity contribution in [2.24, 2.45) is 0 Å². The van der Waals surface area contributed by atoms with Crippen molar-refractivity contribution in [1.29, 1.82) is 0 Å². The number of amides is 3. The molecule has 0 bridgehead atoms. The Morgan fingerprint density at radius 2 is 1.70 bits per heavy atom. The molecule has 0 saturated carbocycles. The minimum atomic E-state index is -0.764. The molecule has 0 aromatic heterocycles. The summed E-state index contributed by atoms with van der Waals surface area (Å²) in [7, 11) is 4.02. The molecule has 3 amide bonds. The van der Waals surface area contributed by atoms with Crippen LogP contribution in [0.5, 0.6) is 0 Å². The van der Waals surface area contributed by atoms with E-state index >= 15 is 0 Å². The summed E-state index contributed by atoms with van der Waals surface area (Å²) < 4.78 is 0. The van der Waals surface area contributed by atoms with Crippen molar-refractivity contribution in [3.63, 3.8) is 0 Å². The normalized spacial score (nSPS) is 19.8. The lowest BCUT2D eigenvalue weighted by atomic mass is 9.85. The molecule has 10 heteroatoms. The monoisotopic (exact) mass is 642 g/mol. The zero-order chi connectivity index (χ0) is 32.3. The summed E-state index contributed by atoms with van der Waals surface area (Å²) in [5.41, 5.74) is 3.30. The molecule has 3 aromatic rings. The molecule has 6 rings (SSSR count). The van der Waals surface area contributed by atoms with E-state index in [0.717, 1.165) is 35.3 Å². The van der Waals surface area contributed by atoms with Crippen molar-refractivity contribution in [2.45, 2.75) is 43.3 Å². The third-order valence-electron chi connectivity index (χ3n) is 9.64. The lowest BCUT2D eigenvalue weighted by Gasteiger charge is -2.44. The van der Waals surface area contributed by atoms with Gasteiger partial charge in [0.1, 0.15) is 17.6 Å². The first-order valence-corrected chi connectivity index (χ1v) is 16.5. The second-order valence-corrected chi connectivity index (χ2v) is 13.3. The van der Waals surface area contributed by atoms with Crippen LogP contribution in [0.4, 0.5) is 5.69 Å². The number of piperidine rings is 1. The molecule has 3 aliphatic rings. The number of anilines is 1. The Morgan fingerprint density at radius 1 is 1.00 bits per heavy atom. The van der Waals surface area contributed by atoms with E-state index in [2.05, 4.69) is 38.6 Å². The Morgan fingerprint density at radius 3 is 2.41 bits per heavy atom. The molecule has 9 nitrogen and oxygen atoms in total. The predicted molar refractivity (Wildman–Crippen MR) is 181 cm³/mol. The second-order valence-electron chi connectivity index (χ2n) is 12.9. The van der Waals surface area contributed by atoms with E-state index in [0.29, 0.717) is 57.1 Å². The van der Waals surface area contributed by atoms with Crippen molar-refractivity contribution in [3.05, 3.63) is 101 Å². The average Bonchev–Trinajstić information content (AvgIpc) is 3.34. The van der Waals surface area contributed by atoms with Gasteiger partial charge in [-0.1, -0.05) is 66.2 Å². The van der Waals surface area contributed by atoms with Crippen LogP contribution in [0.15, 0.2) is 78.9 Å². The molecule has 2 atom stereocenters. The van der Waals surface area contributed by atoms with E-state index in [1.807, 2.05) is 72.4 Å². The van der Waals surface area contributed by atoms with Gasteiger partial charge in [0.25, 0.3) is 0 Å². The SMILES string of the molecule is CN(C)CCN1CN(c2ccccc2)C2(CCN(C(=O)[C@@H](Cc3ccc(Cl)cc3)NC(=O)[C@@H]3NCCc4ccccc43)CC2)C1=O. The van der Waals surface area contributed by atoms with E-state index in [4.69, 9.17) is 11.6 Å². The fraction of sp³-hybridized carbons (Fsp3) is 0.417. The molecule has 0 unspecified atom stereocenters. The van der Waals surface area contributed by atoms with E-state index < -0.39 is 17.6 Å². The molecular weight excluding hydrogens is 600 g/mol. The van der Waals surface area contributed by atoms with Crippen LogP contribution in [-0.4, -0.2) is 97.5 Å². The quantitative estimate of drug-likeness (QED) is 0.372. The van der Waals surface area contributed by atoms with E-state index in [1.165, 1.54) is 0 Å². The molecule has 1 spiro atoms. The maximum Gasteiger partial charge on any atom is 0.250 e. The van der Waals surface area contributed by atoms with Crippen molar-refractivity contribution >= 4 is 35.0 Å². The van der Waals surface area contributed by atoms with E-state index in [1.54, 1.807) is 12.1 Å². The molecule has 0 aliphatic carbocycles. The van der Waals surface area contributed by atoms with Crippen LogP contribution in [0, 0.1) is 0 Å². The highest BCUT2D eigenvalue weighted by Gasteiger charge is 2.54. The van der Waals surface area contributed by atoms with Gasteiger partial charge in [0.15, 0.2) is 0 Å². The van der Waals surface area contributed by atoms with Crippen molar-refractivity contribution in [2.75, 3.05) is 58.4 Å². The van der Waals surface area contributed by atoms with Crippen molar-refractivity contribution in [3.8, 4) is 0 Å². The molecular formula is C36H43ClN6O3. The van der Waals surface area contributed by atoms with Gasteiger partial charge < -0.3 is 30.2 Å². The molecule has 3 heterocycles. The van der Waals surface area contributed by atoms with Crippen molar-refractivity contribution < 1.29 is 14.4 Å². The van der Waals surface area contributed by atoms with Crippen LogP contribution in [0.1, 0.15) is 35.6 Å². The lowest BCUT2D eigenvalue weighted by molar-refractivity contribution is -0.141. The van der Waals surface area contributed by atoms with Gasteiger partial charge in [-0.25, -0.2) is 0 Å². The van der Waals surface area contributed by atoms with Crippen LogP contribution in [0.2, 0.25) is 5.02 Å². The molecule has 2 saturated heterocycles. The topological polar surface area (TPSA) is 88.2 Å². The van der Waals surface area contributed by atoms with Gasteiger partial charge >= 0.3 is 0 Å². The number of likely N-dealkylation sites (tertiary alicyclic amines) is 1. The summed E-state index contributed by atoms with van der Waals surface area (Å²) >= 11 is 6.15. The molecule has 46 heavy (non-hydrogen) atoms. The highest BCUT2D eigenvalue weighted by atomic mass is 35.5. The number of carbonyl (C=O) groups excluding carboxylic acids is 3. The second kappa shape index (κ2) is 13.8. The fourth-order valence-corrected chi connectivity index (χ4v) is 7.19. The molecule has 2 N–H and O–H groups in total. The summed E-state index contributed by atoms with van der Waals surface area (Å²) in [5.74, 6) is -0.229. The number of nitrogens with one attached hydrogen (secondary N) is 2. The van der Waals surface area contributed by atoms with Crippen molar-refractivity contribution in [1.82, 2.24) is 25.3 Å². The Balaban J connectivity index is 1.21. The first-order chi connectivity index (χ1) is 22.2. The first-order valence-electron chi connectivity index (χ1n) is 16.2. The smallest absolute Gasteiger partial charge is 0.250 e. The molecule has 3 aliphatic heterocycles. The number of para-hydroxylation sites is 1. The Bertz CT molecular complexity index is 1540. The molecule has 0 radical (unpaired) electrons. The largest absolute Gasteiger partial charge is 0.342 e. The fourth-order valence-electron chi connectivity index (χ4n) is 7.06. The summed E-state index contributed by atoms with van der Waals surface area (Å²) in [5, 5.41) is 7.07. The first kappa shape index (κ1) is 32.0. The number of likely N-dealkylation sites (N-methyl/N-ethyl adjacent to an activating group) is 1. The van der Waals surface area contributed by atoms with Crippen LogP contribution in [0.3, 0.4) is 0 Å². The van der Waals surface area contributed by atoms with Crippen LogP contribution in [0.25, 0.3) is 0 Å². The third kappa shape index (κ3) is 6.63. The number of rotatable bonds is 9. The number of benzene rings is 3. The minimum Gasteiger partial charge on any atom is -0.342 e. The predicted octanol–water partition coefficient (Wildman–Crippen LogP) is 3.48. The number of carbonyl (C=O) groups is 3. The zero-order valence-corrected chi connectivity index (χ0v) is 27.4. The number of hydrogen-bond donors (Lipinski definition) is 2. The highest BCUT2D eigenvalue weighted by Crippen LogP contribution is 2.39. The van der Waals surface area contributed by atoms with Gasteiger partial charge in [-0.05, 0) is 74.3 Å². The number of fused-ring (bicyclic) bond motifs is 1. The lowest BCUT2D eigenvalue weighted by Crippen LogP contribution is -2.60. The summed E-state index contributed by atoms with van der Waals surface area (Å²) in [6, 6.07) is 24.1. The van der Waals surface area contributed by atoms with Gasteiger partial charge in [0.2, 0.25) is 17.7 Å². The highest BCUT2D eigenvalue weighted by molar-refractivity contribution is 6.30. The maximum atomic E-state index is 14.3. The molecule has 2 fully saturated rings. The Labute approximate surface area is 276 Å². The van der Waals surface area contributed by atoms with Crippen LogP contribution in [-0.2, 0) is 27.2 Å². The van der Waals surface area contributed by atoms with Crippen LogP contribution < -0.4 is 15.5 Å². The molecule has 242 valence electrons. The van der Waals surface area contributed by atoms with E-state index in [-0.39, 0.29) is 17.7 Å². The summed E-state index contributed by atoms with van der Waals surface area (Å²) in [6.07, 6.45) is 2.23. The summed E-state index contributed by atoms with van der Waals surface area (Å²) in [4.78, 5) is 50.2. The summed E-state index contributed by atoms with van der Waals surface area (Å²) in [6.45, 7) is 3.49. The Kier molecular flexibility index (Phi) is 9.63. The minimum absolute atomic E-state index is 0.123. The van der Waals surface area contributed by atoms with Crippen LogP contribution >= 0.6 is 11.6 Å². The standard InChI is InChI=1S/C36H43ClN6O3/c1-40(2)22-23-42-25-43(29-9-4-3-5-10-29)36(35(42)46)17-20-41(21-18-36)34(45)31(24-26-12-14-28(37)15-13-26)39-33(44)32-30-11-7-6-8-27(30)16-19-38-32/h3-15,31-32,38H,16-25H2,1-2H3,(H,39,44)/t31-,32-/m1/s1. The average molecular weight is 643 g/mol. The van der Waals surface area contributed by atoms with Gasteiger partial charge in [0, 0.05) is 49.9 Å². The number of nitrogens with zero attached hydrogens (tertiary/aromatic N) is 4. The van der Waals surface area contributed by atoms with Gasteiger partial charge in [0.05, 0.1) is 6.67 Å². The number of halogens is 1. The maximum absolute atomic E-state index is 14.3.